The molecular weight excluding hydrogens is 190 g/mol. The summed E-state index contributed by atoms with van der Waals surface area (Å²) in [6.07, 6.45) is 0. The minimum Gasteiger partial charge on any atom is -0.421 e. The molecule has 0 aromatic heterocycles. The van der Waals surface area contributed by atoms with Crippen LogP contribution < -0.4 is 4.74 Å². The third-order valence-electron chi connectivity index (χ3n) is 1.57. The van der Waals surface area contributed by atoms with Crippen LogP contribution in [0.4, 0.5) is 8.78 Å². The lowest BCUT2D eigenvalue weighted by atomic mass is 10.2. The third-order valence-corrected chi connectivity index (χ3v) is 1.57. The Morgan fingerprint density at radius 3 is 2.71 bits per heavy atom. The van der Waals surface area contributed by atoms with Crippen molar-refractivity contribution in [2.75, 3.05) is 0 Å². The Balaban J connectivity index is 2.91. The summed E-state index contributed by atoms with van der Waals surface area (Å²) in [6.45, 7) is 4.38. The number of halogens is 2. The van der Waals surface area contributed by atoms with Gasteiger partial charge in [-0.25, -0.2) is 9.18 Å². The first kappa shape index (κ1) is 10.4. The van der Waals surface area contributed by atoms with Gasteiger partial charge >= 0.3 is 5.97 Å². The quantitative estimate of drug-likeness (QED) is 0.414. The SMILES string of the molecule is C=C(F)C(=O)Oc1cc(F)ccc1C. The molecule has 0 radical (unpaired) electrons. The van der Waals surface area contributed by atoms with Gasteiger partial charge in [-0.15, -0.1) is 0 Å². The average molecular weight is 198 g/mol. The summed E-state index contributed by atoms with van der Waals surface area (Å²) in [7, 11) is 0. The average Bonchev–Trinajstić information content (AvgIpc) is 2.11. The number of carbonyl (C=O) groups is 1. The monoisotopic (exact) mass is 198 g/mol. The van der Waals surface area contributed by atoms with Gasteiger partial charge in [0.05, 0.1) is 0 Å². The zero-order valence-corrected chi connectivity index (χ0v) is 7.51. The van der Waals surface area contributed by atoms with Crippen molar-refractivity contribution < 1.29 is 18.3 Å². The van der Waals surface area contributed by atoms with Crippen molar-refractivity contribution in [2.24, 2.45) is 0 Å². The van der Waals surface area contributed by atoms with Crippen molar-refractivity contribution in [3.8, 4) is 5.75 Å². The molecule has 0 saturated carbocycles. The van der Waals surface area contributed by atoms with Gasteiger partial charge in [0.15, 0.2) is 0 Å². The highest BCUT2D eigenvalue weighted by molar-refractivity contribution is 5.87. The number of rotatable bonds is 2. The highest BCUT2D eigenvalue weighted by Gasteiger charge is 2.11. The van der Waals surface area contributed by atoms with Gasteiger partial charge in [0.2, 0.25) is 5.83 Å². The van der Waals surface area contributed by atoms with Crippen molar-refractivity contribution >= 4 is 5.97 Å². The van der Waals surface area contributed by atoms with Gasteiger partial charge in [-0.1, -0.05) is 12.6 Å². The number of hydrogen-bond acceptors (Lipinski definition) is 2. The van der Waals surface area contributed by atoms with E-state index in [1.54, 1.807) is 6.92 Å². The molecule has 0 unspecified atom stereocenters. The molecule has 1 aromatic carbocycles. The van der Waals surface area contributed by atoms with Gasteiger partial charge in [0.1, 0.15) is 11.6 Å². The largest absolute Gasteiger partial charge is 0.421 e. The maximum absolute atomic E-state index is 12.7. The van der Waals surface area contributed by atoms with Crippen LogP contribution in [0.25, 0.3) is 0 Å². The molecule has 0 atom stereocenters. The fraction of sp³-hybridized carbons (Fsp3) is 0.100. The topological polar surface area (TPSA) is 26.3 Å². The molecule has 1 aromatic rings. The second-order valence-electron chi connectivity index (χ2n) is 2.70. The first-order valence-corrected chi connectivity index (χ1v) is 3.83. The van der Waals surface area contributed by atoms with Gasteiger partial charge < -0.3 is 4.74 Å². The first-order valence-electron chi connectivity index (χ1n) is 3.83. The van der Waals surface area contributed by atoms with E-state index in [0.717, 1.165) is 6.07 Å². The zero-order valence-electron chi connectivity index (χ0n) is 7.51. The number of ether oxygens (including phenoxy) is 1. The van der Waals surface area contributed by atoms with Gasteiger partial charge in [0, 0.05) is 6.07 Å². The second-order valence-corrected chi connectivity index (χ2v) is 2.70. The standard InChI is InChI=1S/C10H8F2O2/c1-6-3-4-8(12)5-9(6)14-10(13)7(2)11/h3-5H,2H2,1H3. The summed E-state index contributed by atoms with van der Waals surface area (Å²) < 4.78 is 29.5. The second kappa shape index (κ2) is 4.00. The molecule has 0 bridgehead atoms. The van der Waals surface area contributed by atoms with Crippen LogP contribution in [-0.4, -0.2) is 5.97 Å². The minimum atomic E-state index is -1.21. The molecule has 1 rings (SSSR count). The number of benzene rings is 1. The van der Waals surface area contributed by atoms with Crippen LogP contribution in [0.3, 0.4) is 0 Å². The van der Waals surface area contributed by atoms with E-state index in [2.05, 4.69) is 11.3 Å². The van der Waals surface area contributed by atoms with Crippen molar-refractivity contribution in [1.29, 1.82) is 0 Å². The van der Waals surface area contributed by atoms with E-state index in [-0.39, 0.29) is 5.75 Å². The number of hydrogen-bond donors (Lipinski definition) is 0. The van der Waals surface area contributed by atoms with Crippen LogP contribution in [0.2, 0.25) is 0 Å². The molecule has 0 saturated heterocycles. The molecule has 0 N–H and O–H groups in total. The van der Waals surface area contributed by atoms with Crippen LogP contribution in [0, 0.1) is 12.7 Å². The summed E-state index contributed by atoms with van der Waals surface area (Å²) >= 11 is 0. The number of esters is 1. The van der Waals surface area contributed by atoms with E-state index in [1.807, 2.05) is 0 Å². The molecule has 74 valence electrons. The smallest absolute Gasteiger partial charge is 0.371 e. The predicted molar refractivity (Wildman–Crippen MR) is 47.0 cm³/mol. The molecule has 0 aliphatic carbocycles. The highest BCUT2D eigenvalue weighted by Crippen LogP contribution is 2.19. The van der Waals surface area contributed by atoms with Gasteiger partial charge in [0.25, 0.3) is 0 Å². The fourth-order valence-electron chi connectivity index (χ4n) is 0.839. The molecule has 0 amide bonds. The first-order chi connectivity index (χ1) is 6.50. The maximum Gasteiger partial charge on any atom is 0.371 e. The minimum absolute atomic E-state index is 0.00574. The van der Waals surface area contributed by atoms with Crippen LogP contribution in [-0.2, 0) is 4.79 Å². The summed E-state index contributed by atoms with van der Waals surface area (Å²) in [5.74, 6) is -2.98. The van der Waals surface area contributed by atoms with Crippen molar-refractivity contribution in [1.82, 2.24) is 0 Å². The molecule has 0 aliphatic heterocycles. The molecule has 0 fully saturated rings. The van der Waals surface area contributed by atoms with E-state index in [9.17, 15) is 13.6 Å². The van der Waals surface area contributed by atoms with Crippen LogP contribution in [0.5, 0.6) is 5.75 Å². The van der Waals surface area contributed by atoms with Crippen molar-refractivity contribution in [3.05, 3.63) is 42.0 Å². The van der Waals surface area contributed by atoms with E-state index < -0.39 is 17.6 Å². The summed E-state index contributed by atoms with van der Waals surface area (Å²) in [6, 6.07) is 3.66. The van der Waals surface area contributed by atoms with Crippen LogP contribution in [0.15, 0.2) is 30.6 Å². The molecule has 0 spiro atoms. The van der Waals surface area contributed by atoms with Gasteiger partial charge in [-0.2, -0.15) is 4.39 Å². The lowest BCUT2D eigenvalue weighted by molar-refractivity contribution is -0.131. The lowest BCUT2D eigenvalue weighted by Crippen LogP contribution is -2.08. The fourth-order valence-corrected chi connectivity index (χ4v) is 0.839. The van der Waals surface area contributed by atoms with Crippen molar-refractivity contribution in [3.63, 3.8) is 0 Å². The maximum atomic E-state index is 12.7. The third kappa shape index (κ3) is 2.39. The Bertz CT molecular complexity index is 386. The lowest BCUT2D eigenvalue weighted by Gasteiger charge is -2.05. The molecule has 0 aliphatic rings. The van der Waals surface area contributed by atoms with E-state index >= 15 is 0 Å². The summed E-state index contributed by atoms with van der Waals surface area (Å²) in [5.41, 5.74) is 0.543. The molecule has 0 heterocycles. The molecule has 4 heteroatoms. The number of aryl methyl sites for hydroxylation is 1. The van der Waals surface area contributed by atoms with Gasteiger partial charge in [-0.05, 0) is 18.6 Å². The summed E-state index contributed by atoms with van der Waals surface area (Å²) in [4.78, 5) is 10.8. The molecule has 2 nitrogen and oxygen atoms in total. The van der Waals surface area contributed by atoms with E-state index in [1.165, 1.54) is 12.1 Å². The van der Waals surface area contributed by atoms with Gasteiger partial charge in [-0.3, -0.25) is 0 Å². The Hall–Kier alpha value is -1.71. The summed E-state index contributed by atoms with van der Waals surface area (Å²) in [5, 5.41) is 0. The predicted octanol–water partition coefficient (Wildman–Crippen LogP) is 2.52. The Morgan fingerprint density at radius 2 is 2.14 bits per heavy atom. The normalized spacial score (nSPS) is 9.64. The molecule has 14 heavy (non-hydrogen) atoms. The van der Waals surface area contributed by atoms with E-state index in [4.69, 9.17) is 0 Å². The Labute approximate surface area is 79.8 Å². The zero-order chi connectivity index (χ0) is 10.7. The highest BCUT2D eigenvalue weighted by atomic mass is 19.1. The molecular formula is C10H8F2O2. The Morgan fingerprint density at radius 1 is 1.50 bits per heavy atom. The van der Waals surface area contributed by atoms with Crippen molar-refractivity contribution in [2.45, 2.75) is 6.92 Å². The van der Waals surface area contributed by atoms with E-state index in [0.29, 0.717) is 5.56 Å². The van der Waals surface area contributed by atoms with Crippen LogP contribution in [0.1, 0.15) is 5.56 Å². The van der Waals surface area contributed by atoms with Crippen LogP contribution >= 0.6 is 0 Å². The Kier molecular flexibility index (Phi) is 2.96. The number of carbonyl (C=O) groups excluding carboxylic acids is 1.